The van der Waals surface area contributed by atoms with Crippen LogP contribution in [0.4, 0.5) is 22.3 Å². The van der Waals surface area contributed by atoms with Crippen LogP contribution in [0.5, 0.6) is 23.0 Å². The van der Waals surface area contributed by atoms with Crippen LogP contribution < -0.4 is 40.1 Å². The number of imide groups is 2. The summed E-state index contributed by atoms with van der Waals surface area (Å²) < 4.78 is 24.4. The van der Waals surface area contributed by atoms with Crippen LogP contribution in [0.1, 0.15) is 124 Å². The molecular formula is C91H93BrN14O9S. The van der Waals surface area contributed by atoms with Crippen molar-refractivity contribution in [2.75, 3.05) is 92.0 Å². The molecule has 17 rings (SSSR count). The first-order chi connectivity index (χ1) is 56.1. The van der Waals surface area contributed by atoms with Crippen molar-refractivity contribution in [1.82, 2.24) is 50.0 Å². The molecule has 5 aliphatic rings. The number of fused-ring (bicyclic) bond motifs is 4. The molecule has 4 fully saturated rings. The van der Waals surface area contributed by atoms with Crippen molar-refractivity contribution in [3.63, 3.8) is 0 Å². The molecule has 23 nitrogen and oxygen atoms in total. The highest BCUT2D eigenvalue weighted by Gasteiger charge is 2.36. The highest BCUT2D eigenvalue weighted by molar-refractivity contribution is 9.10. The van der Waals surface area contributed by atoms with Crippen LogP contribution in [-0.4, -0.2) is 152 Å². The first-order valence-electron chi connectivity index (χ1n) is 39.8. The van der Waals surface area contributed by atoms with Gasteiger partial charge in [0, 0.05) is 137 Å². The summed E-state index contributed by atoms with van der Waals surface area (Å²) in [6, 6.07) is 58.4. The van der Waals surface area contributed by atoms with E-state index in [1.54, 1.807) is 0 Å². The second kappa shape index (κ2) is 33.7. The van der Waals surface area contributed by atoms with E-state index < -0.39 is 23.4 Å². The molecule has 25 heteroatoms. The smallest absolute Gasteiger partial charge is 0.358 e. The van der Waals surface area contributed by atoms with E-state index in [0.29, 0.717) is 78.8 Å². The van der Waals surface area contributed by atoms with Crippen LogP contribution in [0.25, 0.3) is 43.1 Å². The quantitative estimate of drug-likeness (QED) is 0.0503. The maximum absolute atomic E-state index is 14.1. The highest BCUT2D eigenvalue weighted by atomic mass is 79.9. The monoisotopic (exact) mass is 1640 g/mol. The molecule has 8 aromatic carbocycles. The summed E-state index contributed by atoms with van der Waals surface area (Å²) in [6.07, 6.45) is 4.21. The minimum absolute atomic E-state index is 0.201. The normalized spacial score (nSPS) is 16.9. The number of aromatic nitrogens is 6. The minimum atomic E-state index is -0.756. The summed E-state index contributed by atoms with van der Waals surface area (Å²) in [5, 5.41) is 20.0. The fourth-order valence-corrected chi connectivity index (χ4v) is 17.7. The third kappa shape index (κ3) is 17.0. The molecule has 2 atom stereocenters. The molecular weight excluding hydrogens is 1550 g/mol. The van der Waals surface area contributed by atoms with Crippen molar-refractivity contribution >= 4 is 117 Å². The summed E-state index contributed by atoms with van der Waals surface area (Å²) in [4.78, 5) is 98.3. The Morgan fingerprint density at radius 3 is 1.64 bits per heavy atom. The number of hydrogen-bond acceptors (Lipinski definition) is 19. The molecule has 3 N–H and O–H groups in total. The molecule has 4 saturated heterocycles. The van der Waals surface area contributed by atoms with Crippen LogP contribution in [-0.2, 0) is 63.8 Å². The molecule has 0 radical (unpaired) electrons. The number of anilines is 4. The number of rotatable bonds is 19. The third-order valence-electron chi connectivity index (χ3n) is 22.7. The van der Waals surface area contributed by atoms with Crippen LogP contribution in [0.2, 0.25) is 0 Å². The van der Waals surface area contributed by atoms with Crippen molar-refractivity contribution in [3.8, 4) is 34.1 Å². The summed E-state index contributed by atoms with van der Waals surface area (Å²) in [6.45, 7) is 20.0. The predicted octanol–water partition coefficient (Wildman–Crippen LogP) is 15.3. The number of nitrogens with zero attached hydrogens (tertiary/aromatic N) is 11. The number of piperidine rings is 2. The maximum Gasteiger partial charge on any atom is 0.358 e. The molecule has 12 aromatic rings. The van der Waals surface area contributed by atoms with E-state index in [0.717, 1.165) is 177 Å². The first kappa shape index (κ1) is 78.3. The SMILES string of the molecule is Cc1c(Br)cccc1Oc1ccc(CCN2CCN(c3cccc4c(C5CCC(=O)NC5=O)nn(C)c34)CC2)cc1.Cc1c(Oc2ccc(CCN3CCN(c4cccc5c(C6CCC(=O)NC6=O)nn(C)c45)CC3)cc2)cccc1-c1ccc(N2CCc3cccc(C(=O)Nc4nc5ccccc5s4)c3C2)nc1C(=O)OC(C)(C)C. The van der Waals surface area contributed by atoms with Gasteiger partial charge < -0.3 is 28.9 Å². The van der Waals surface area contributed by atoms with Gasteiger partial charge in [-0.1, -0.05) is 118 Å². The number of thiazole rings is 1. The maximum atomic E-state index is 14.1. The minimum Gasteiger partial charge on any atom is -0.457 e. The number of pyridine rings is 1. The summed E-state index contributed by atoms with van der Waals surface area (Å²) in [5.41, 5.74) is 14.6. The number of piperazine rings is 2. The van der Waals surface area contributed by atoms with Gasteiger partial charge in [0.2, 0.25) is 23.6 Å². The molecule has 5 amide bonds. The van der Waals surface area contributed by atoms with E-state index in [4.69, 9.17) is 29.4 Å². The molecule has 116 heavy (non-hydrogen) atoms. The topological polar surface area (TPSA) is 244 Å². The zero-order valence-electron chi connectivity index (χ0n) is 66.2. The number of nitrogens with one attached hydrogen (secondary N) is 3. The average molecular weight is 1640 g/mol. The van der Waals surface area contributed by atoms with E-state index >= 15 is 0 Å². The van der Waals surface area contributed by atoms with Gasteiger partial charge in [-0.15, -0.1) is 0 Å². The van der Waals surface area contributed by atoms with Crippen LogP contribution in [0.15, 0.2) is 180 Å². The Hall–Kier alpha value is -11.6. The fraction of sp³-hybridized carbons (Fsp3) is 0.319. The van der Waals surface area contributed by atoms with Crippen molar-refractivity contribution in [3.05, 3.63) is 236 Å². The van der Waals surface area contributed by atoms with E-state index in [2.05, 4.69) is 104 Å². The number of esters is 1. The van der Waals surface area contributed by atoms with E-state index in [-0.39, 0.29) is 35.2 Å². The lowest BCUT2D eigenvalue weighted by Crippen LogP contribution is -2.47. The number of ether oxygens (including phenoxy) is 3. The van der Waals surface area contributed by atoms with Gasteiger partial charge in [0.05, 0.1) is 55.8 Å². The molecule has 9 heterocycles. The zero-order valence-corrected chi connectivity index (χ0v) is 68.6. The summed E-state index contributed by atoms with van der Waals surface area (Å²) in [7, 11) is 3.87. The van der Waals surface area contributed by atoms with Crippen molar-refractivity contribution in [2.45, 2.75) is 104 Å². The van der Waals surface area contributed by atoms with Crippen molar-refractivity contribution in [2.24, 2.45) is 14.1 Å². The Labute approximate surface area is 686 Å². The van der Waals surface area contributed by atoms with Gasteiger partial charge in [-0.25, -0.2) is 14.8 Å². The van der Waals surface area contributed by atoms with E-state index in [1.807, 2.05) is 192 Å². The average Bonchev–Trinajstić information content (AvgIpc) is 1.56. The number of carbonyl (C=O) groups is 6. The fourth-order valence-electron chi connectivity index (χ4n) is 16.4. The van der Waals surface area contributed by atoms with Crippen LogP contribution in [0.3, 0.4) is 0 Å². The Bertz CT molecular complexity index is 5730. The molecule has 0 aliphatic carbocycles. The van der Waals surface area contributed by atoms with Gasteiger partial charge in [0.15, 0.2) is 10.8 Å². The number of benzene rings is 8. The van der Waals surface area contributed by atoms with Gasteiger partial charge in [-0.05, 0) is 185 Å². The molecule has 4 aromatic heterocycles. The molecule has 2 unspecified atom stereocenters. The number of hydrogen-bond donors (Lipinski definition) is 3. The Kier molecular flexibility index (Phi) is 22.7. The molecule has 0 saturated carbocycles. The highest BCUT2D eigenvalue weighted by Crippen LogP contribution is 2.41. The second-order valence-corrected chi connectivity index (χ2v) is 33.3. The lowest BCUT2D eigenvalue weighted by molar-refractivity contribution is -0.135. The second-order valence-electron chi connectivity index (χ2n) is 31.4. The van der Waals surface area contributed by atoms with Crippen LogP contribution in [0, 0.1) is 13.8 Å². The molecule has 0 bridgehead atoms. The molecule has 5 aliphatic heterocycles. The predicted molar refractivity (Wildman–Crippen MR) is 457 cm³/mol. The number of carbonyl (C=O) groups excluding carboxylic acids is 6. The lowest BCUT2D eigenvalue weighted by Gasteiger charge is -2.36. The Morgan fingerprint density at radius 1 is 0.552 bits per heavy atom. The number of para-hydroxylation sites is 3. The van der Waals surface area contributed by atoms with E-state index in [1.165, 1.54) is 22.5 Å². The number of halogens is 1. The van der Waals surface area contributed by atoms with Gasteiger partial charge in [0.1, 0.15) is 34.4 Å². The Balaban J connectivity index is 0.000000207. The first-order valence-corrected chi connectivity index (χ1v) is 41.4. The van der Waals surface area contributed by atoms with Gasteiger partial charge in [-0.3, -0.25) is 59.1 Å². The lowest BCUT2D eigenvalue weighted by atomic mass is 9.92. The Morgan fingerprint density at radius 2 is 1.09 bits per heavy atom. The van der Waals surface area contributed by atoms with Crippen LogP contribution >= 0.6 is 27.3 Å². The van der Waals surface area contributed by atoms with E-state index in [9.17, 15) is 28.8 Å². The summed E-state index contributed by atoms with van der Waals surface area (Å²) >= 11 is 5.01. The van der Waals surface area contributed by atoms with Crippen molar-refractivity contribution < 1.29 is 43.0 Å². The summed E-state index contributed by atoms with van der Waals surface area (Å²) in [5.74, 6) is 1.15. The molecule has 594 valence electrons. The van der Waals surface area contributed by atoms with Gasteiger partial charge in [0.25, 0.3) is 5.91 Å². The van der Waals surface area contributed by atoms with Gasteiger partial charge in [-0.2, -0.15) is 10.2 Å². The van der Waals surface area contributed by atoms with Gasteiger partial charge >= 0.3 is 5.97 Å². The zero-order chi connectivity index (χ0) is 80.5. The standard InChI is InChI=1S/C59H59N9O6S.C32H34BrN5O3/c1-36-40(41-23-25-50(61-53(41)57(72)74-59(2,3)4)68-30-28-38-11-8-13-42(45(38)35-68)55(70)63-58-60-46-15-6-7-18-49(46)75-58)12-10-17-48(36)73-39-21-19-37(20-22-39)27-29-66-31-33-67(34-32-66)47-16-9-14-43-52(64-65(5)54(43)47)44-24-26-51(69)62-56(44)71;1-21-26(33)6-4-8-28(21)41-23-11-9-22(10-12-23)15-16-37-17-19-38(20-18-37)27-7-3-5-24-30(35-36(2)31(24)27)25-13-14-29(39)34-32(25)40/h6-23,25,44H,24,26-35H2,1-5H3,(H,60,63,70)(H,62,69,71);3-12,25H,13-20H2,1-2H3,(H,34,39,40). The molecule has 0 spiro atoms. The number of aryl methyl sites for hydroxylation is 2. The van der Waals surface area contributed by atoms with Crippen molar-refractivity contribution in [1.29, 1.82) is 0 Å². The number of amides is 5. The third-order valence-corrected chi connectivity index (χ3v) is 24.5. The largest absolute Gasteiger partial charge is 0.457 e.